The quantitative estimate of drug-likeness (QED) is 0.799. The van der Waals surface area contributed by atoms with Crippen LogP contribution in [0.25, 0.3) is 0 Å². The molecule has 2 heterocycles. The van der Waals surface area contributed by atoms with E-state index >= 15 is 0 Å². The van der Waals surface area contributed by atoms with E-state index < -0.39 is 0 Å². The van der Waals surface area contributed by atoms with Crippen LogP contribution in [-0.2, 0) is 9.47 Å². The van der Waals surface area contributed by atoms with Gasteiger partial charge in [-0.1, -0.05) is 13.8 Å². The van der Waals surface area contributed by atoms with Gasteiger partial charge in [0, 0.05) is 38.2 Å². The number of hydrogen-bond donors (Lipinski definition) is 1. The van der Waals surface area contributed by atoms with Crippen molar-refractivity contribution in [2.75, 3.05) is 46.0 Å². The highest BCUT2D eigenvalue weighted by Crippen LogP contribution is 2.18. The summed E-state index contributed by atoms with van der Waals surface area (Å²) in [7, 11) is 0. The largest absolute Gasteiger partial charge is 0.381 e. The number of nitrogens with zero attached hydrogens (tertiary/aromatic N) is 1. The van der Waals surface area contributed by atoms with Crippen LogP contribution in [0.4, 0.5) is 0 Å². The van der Waals surface area contributed by atoms with E-state index in [1.165, 1.54) is 0 Å². The molecular formula is C14H28N2O2. The maximum Gasteiger partial charge on any atom is 0.0700 e. The fourth-order valence-electron chi connectivity index (χ4n) is 3.03. The molecule has 0 aromatic carbocycles. The Balaban J connectivity index is 1.82. The molecule has 3 atom stereocenters. The van der Waals surface area contributed by atoms with Crippen LogP contribution in [0.3, 0.4) is 0 Å². The SMILES string of the molecule is CCNC1CCOCC1CN1CCOC(CC)C1. The van der Waals surface area contributed by atoms with E-state index in [-0.39, 0.29) is 0 Å². The van der Waals surface area contributed by atoms with Crippen LogP contribution in [0.15, 0.2) is 0 Å². The summed E-state index contributed by atoms with van der Waals surface area (Å²) < 4.78 is 11.4. The van der Waals surface area contributed by atoms with Gasteiger partial charge in [-0.3, -0.25) is 4.90 Å². The van der Waals surface area contributed by atoms with Gasteiger partial charge in [0.1, 0.15) is 0 Å². The van der Waals surface area contributed by atoms with Crippen molar-refractivity contribution >= 4 is 0 Å². The van der Waals surface area contributed by atoms with Gasteiger partial charge in [0.15, 0.2) is 0 Å². The van der Waals surface area contributed by atoms with Gasteiger partial charge in [0.05, 0.1) is 19.3 Å². The predicted octanol–water partition coefficient (Wildman–Crippen LogP) is 1.11. The van der Waals surface area contributed by atoms with Gasteiger partial charge in [-0.25, -0.2) is 0 Å². The number of ether oxygens (including phenoxy) is 2. The van der Waals surface area contributed by atoms with Crippen molar-refractivity contribution in [2.24, 2.45) is 5.92 Å². The first-order valence-electron chi connectivity index (χ1n) is 7.48. The zero-order valence-corrected chi connectivity index (χ0v) is 11.9. The van der Waals surface area contributed by atoms with Gasteiger partial charge in [-0.05, 0) is 19.4 Å². The predicted molar refractivity (Wildman–Crippen MR) is 72.9 cm³/mol. The third kappa shape index (κ3) is 3.92. The zero-order chi connectivity index (χ0) is 12.8. The third-order valence-corrected chi connectivity index (χ3v) is 4.11. The zero-order valence-electron chi connectivity index (χ0n) is 11.9. The maximum atomic E-state index is 5.73. The summed E-state index contributed by atoms with van der Waals surface area (Å²) in [6, 6.07) is 0.631. The number of morpholine rings is 1. The molecule has 0 aliphatic carbocycles. The molecule has 2 aliphatic heterocycles. The molecule has 18 heavy (non-hydrogen) atoms. The molecule has 2 rings (SSSR count). The van der Waals surface area contributed by atoms with Gasteiger partial charge in [0.25, 0.3) is 0 Å². The minimum Gasteiger partial charge on any atom is -0.381 e. The van der Waals surface area contributed by atoms with Crippen molar-refractivity contribution in [1.82, 2.24) is 10.2 Å². The Labute approximate surface area is 111 Å². The fraction of sp³-hybridized carbons (Fsp3) is 1.00. The molecule has 0 spiro atoms. The monoisotopic (exact) mass is 256 g/mol. The molecular weight excluding hydrogens is 228 g/mol. The number of hydrogen-bond acceptors (Lipinski definition) is 4. The summed E-state index contributed by atoms with van der Waals surface area (Å²) in [4.78, 5) is 2.56. The minimum atomic E-state index is 0.431. The van der Waals surface area contributed by atoms with Crippen LogP contribution in [0.2, 0.25) is 0 Å². The topological polar surface area (TPSA) is 33.7 Å². The van der Waals surface area contributed by atoms with Crippen molar-refractivity contribution in [2.45, 2.75) is 38.8 Å². The van der Waals surface area contributed by atoms with Crippen molar-refractivity contribution in [3.05, 3.63) is 0 Å². The lowest BCUT2D eigenvalue weighted by Gasteiger charge is -2.39. The van der Waals surface area contributed by atoms with E-state index in [0.717, 1.165) is 58.8 Å². The Morgan fingerprint density at radius 3 is 2.94 bits per heavy atom. The maximum absolute atomic E-state index is 5.73. The number of rotatable bonds is 5. The molecule has 0 aromatic heterocycles. The first-order valence-corrected chi connectivity index (χ1v) is 7.48. The summed E-state index contributed by atoms with van der Waals surface area (Å²) in [5.74, 6) is 0.634. The molecule has 1 N–H and O–H groups in total. The molecule has 3 unspecified atom stereocenters. The molecule has 0 saturated carbocycles. The van der Waals surface area contributed by atoms with E-state index in [4.69, 9.17) is 9.47 Å². The summed E-state index contributed by atoms with van der Waals surface area (Å²) >= 11 is 0. The molecule has 2 fully saturated rings. The first-order chi connectivity index (χ1) is 8.83. The van der Waals surface area contributed by atoms with Crippen LogP contribution in [-0.4, -0.2) is 63.0 Å². The Bertz CT molecular complexity index is 236. The first kappa shape index (κ1) is 14.3. The van der Waals surface area contributed by atoms with E-state index in [2.05, 4.69) is 24.1 Å². The van der Waals surface area contributed by atoms with Gasteiger partial charge in [-0.2, -0.15) is 0 Å². The van der Waals surface area contributed by atoms with E-state index in [1.807, 2.05) is 0 Å². The lowest BCUT2D eigenvalue weighted by Crippen LogP contribution is -2.51. The van der Waals surface area contributed by atoms with Crippen LogP contribution in [0.5, 0.6) is 0 Å². The van der Waals surface area contributed by atoms with E-state index in [1.54, 1.807) is 0 Å². The molecule has 0 bridgehead atoms. The molecule has 2 saturated heterocycles. The van der Waals surface area contributed by atoms with E-state index in [9.17, 15) is 0 Å². The molecule has 4 nitrogen and oxygen atoms in total. The second-order valence-electron chi connectivity index (χ2n) is 5.45. The Hall–Kier alpha value is -0.160. The summed E-state index contributed by atoms with van der Waals surface area (Å²) in [6.45, 7) is 11.5. The van der Waals surface area contributed by atoms with Crippen molar-refractivity contribution in [3.63, 3.8) is 0 Å². The van der Waals surface area contributed by atoms with Crippen LogP contribution in [0, 0.1) is 5.92 Å². The molecule has 0 aromatic rings. The van der Waals surface area contributed by atoms with Crippen molar-refractivity contribution in [1.29, 1.82) is 0 Å². The second-order valence-corrected chi connectivity index (χ2v) is 5.45. The number of nitrogens with one attached hydrogen (secondary N) is 1. The molecule has 0 amide bonds. The highest BCUT2D eigenvalue weighted by Gasteiger charge is 2.28. The lowest BCUT2D eigenvalue weighted by molar-refractivity contribution is -0.0485. The van der Waals surface area contributed by atoms with Crippen LogP contribution in [0.1, 0.15) is 26.7 Å². The Morgan fingerprint density at radius 1 is 1.28 bits per heavy atom. The molecule has 106 valence electrons. The van der Waals surface area contributed by atoms with E-state index in [0.29, 0.717) is 18.1 Å². The molecule has 2 aliphatic rings. The lowest BCUT2D eigenvalue weighted by atomic mass is 9.94. The van der Waals surface area contributed by atoms with Gasteiger partial charge in [-0.15, -0.1) is 0 Å². The van der Waals surface area contributed by atoms with Gasteiger partial charge in [0.2, 0.25) is 0 Å². The minimum absolute atomic E-state index is 0.431. The highest BCUT2D eigenvalue weighted by atomic mass is 16.5. The Morgan fingerprint density at radius 2 is 2.17 bits per heavy atom. The summed E-state index contributed by atoms with van der Waals surface area (Å²) in [6.07, 6.45) is 2.70. The average molecular weight is 256 g/mol. The smallest absolute Gasteiger partial charge is 0.0700 e. The molecule has 4 heteroatoms. The fourth-order valence-corrected chi connectivity index (χ4v) is 3.03. The van der Waals surface area contributed by atoms with Gasteiger partial charge < -0.3 is 14.8 Å². The Kier molecular flexibility index (Phi) is 5.89. The summed E-state index contributed by atoms with van der Waals surface area (Å²) in [5.41, 5.74) is 0. The van der Waals surface area contributed by atoms with Crippen LogP contribution >= 0.6 is 0 Å². The van der Waals surface area contributed by atoms with Crippen molar-refractivity contribution in [3.8, 4) is 0 Å². The van der Waals surface area contributed by atoms with Gasteiger partial charge >= 0.3 is 0 Å². The third-order valence-electron chi connectivity index (χ3n) is 4.11. The normalized spacial score (nSPS) is 34.7. The highest BCUT2D eigenvalue weighted by molar-refractivity contribution is 4.83. The summed E-state index contributed by atoms with van der Waals surface area (Å²) in [5, 5.41) is 3.61. The van der Waals surface area contributed by atoms with Crippen molar-refractivity contribution < 1.29 is 9.47 Å². The standard InChI is InChI=1S/C14H28N2O2/c1-3-13-10-16(6-8-18-13)9-12-11-17-7-5-14(12)15-4-2/h12-15H,3-11H2,1-2H3. The van der Waals surface area contributed by atoms with Crippen LogP contribution < -0.4 is 5.32 Å². The average Bonchev–Trinajstić information content (AvgIpc) is 2.41. The molecule has 0 radical (unpaired) electrons. The second kappa shape index (κ2) is 7.43.